The number of carbonyl (C=O) groups is 2. The van der Waals surface area contributed by atoms with Gasteiger partial charge in [0.1, 0.15) is 5.82 Å². The molecule has 166 valence electrons. The number of piperazine rings is 1. The van der Waals surface area contributed by atoms with E-state index in [4.69, 9.17) is 4.74 Å². The molecule has 0 bridgehead atoms. The summed E-state index contributed by atoms with van der Waals surface area (Å²) in [4.78, 5) is 30.6. The highest BCUT2D eigenvalue weighted by Gasteiger charge is 2.30. The third kappa shape index (κ3) is 4.46. The molecule has 0 unspecified atom stereocenters. The van der Waals surface area contributed by atoms with Gasteiger partial charge >= 0.3 is 5.97 Å². The van der Waals surface area contributed by atoms with Crippen molar-refractivity contribution in [2.75, 3.05) is 32.8 Å². The number of amides is 1. The van der Waals surface area contributed by atoms with E-state index in [1.54, 1.807) is 36.5 Å². The minimum atomic E-state index is -3.77. The number of sulfonamides is 1. The Labute approximate surface area is 184 Å². The number of carbonyl (C=O) groups excluding carboxylic acids is 2. The van der Waals surface area contributed by atoms with Gasteiger partial charge in [-0.05, 0) is 42.5 Å². The van der Waals surface area contributed by atoms with Gasteiger partial charge in [0.2, 0.25) is 10.0 Å². The molecule has 32 heavy (non-hydrogen) atoms. The predicted octanol–water partition coefficient (Wildman–Crippen LogP) is 2.06. The number of nitrogens with zero attached hydrogens (tertiary/aromatic N) is 3. The largest absolute Gasteiger partial charge is 0.452 e. The molecule has 2 heterocycles. The molecule has 10 heteroatoms. The van der Waals surface area contributed by atoms with Crippen LogP contribution in [0.3, 0.4) is 0 Å². The molecule has 1 fully saturated rings. The van der Waals surface area contributed by atoms with Crippen LogP contribution in [-0.2, 0) is 19.6 Å². The minimum absolute atomic E-state index is 0.00261. The fourth-order valence-electron chi connectivity index (χ4n) is 3.51. The number of benzene rings is 2. The van der Waals surface area contributed by atoms with Crippen LogP contribution >= 0.6 is 0 Å². The number of hydrogen-bond acceptors (Lipinski definition) is 6. The second-order valence-electron chi connectivity index (χ2n) is 7.19. The van der Waals surface area contributed by atoms with Gasteiger partial charge in [0.25, 0.3) is 5.91 Å². The summed E-state index contributed by atoms with van der Waals surface area (Å²) >= 11 is 0. The van der Waals surface area contributed by atoms with Crippen LogP contribution in [-0.4, -0.2) is 67.3 Å². The summed E-state index contributed by atoms with van der Waals surface area (Å²) < 4.78 is 44.9. The Hall–Kier alpha value is -3.37. The third-order valence-corrected chi connectivity index (χ3v) is 7.15. The van der Waals surface area contributed by atoms with E-state index in [0.717, 1.165) is 12.1 Å². The van der Waals surface area contributed by atoms with Gasteiger partial charge in [0, 0.05) is 37.8 Å². The second kappa shape index (κ2) is 9.01. The average Bonchev–Trinajstić information content (AvgIpc) is 2.82. The summed E-state index contributed by atoms with van der Waals surface area (Å²) in [6.45, 7) is 0.0625. The Balaban J connectivity index is 1.34. The monoisotopic (exact) mass is 457 g/mol. The normalized spacial score (nSPS) is 15.0. The Morgan fingerprint density at radius 1 is 0.969 bits per heavy atom. The Kier molecular flexibility index (Phi) is 6.15. The van der Waals surface area contributed by atoms with Crippen molar-refractivity contribution in [1.29, 1.82) is 0 Å². The first-order chi connectivity index (χ1) is 15.4. The molecular weight excluding hydrogens is 437 g/mol. The van der Waals surface area contributed by atoms with E-state index in [9.17, 15) is 22.4 Å². The molecule has 0 saturated carbocycles. The van der Waals surface area contributed by atoms with Gasteiger partial charge in [-0.25, -0.2) is 17.6 Å². The van der Waals surface area contributed by atoms with Crippen LogP contribution in [0.25, 0.3) is 10.9 Å². The van der Waals surface area contributed by atoms with Crippen LogP contribution in [0.4, 0.5) is 4.39 Å². The van der Waals surface area contributed by atoms with Gasteiger partial charge in [-0.3, -0.25) is 9.78 Å². The molecule has 1 saturated heterocycles. The summed E-state index contributed by atoms with van der Waals surface area (Å²) in [6.07, 6.45) is 1.62. The maximum atomic E-state index is 13.1. The molecule has 1 aliphatic rings. The molecule has 2 aromatic carbocycles. The van der Waals surface area contributed by atoms with Gasteiger partial charge in [0.15, 0.2) is 6.61 Å². The highest BCUT2D eigenvalue weighted by Crippen LogP contribution is 2.19. The molecule has 1 aromatic heterocycles. The summed E-state index contributed by atoms with van der Waals surface area (Å²) in [5.41, 5.74) is 0.963. The molecule has 0 radical (unpaired) electrons. The van der Waals surface area contributed by atoms with E-state index in [-0.39, 0.29) is 31.1 Å². The molecule has 4 rings (SSSR count). The molecule has 8 nitrogen and oxygen atoms in total. The zero-order valence-electron chi connectivity index (χ0n) is 17.0. The van der Waals surface area contributed by atoms with Gasteiger partial charge in [-0.2, -0.15) is 4.31 Å². The summed E-state index contributed by atoms with van der Waals surface area (Å²) in [7, 11) is -3.77. The Morgan fingerprint density at radius 3 is 2.41 bits per heavy atom. The maximum absolute atomic E-state index is 13.1. The molecule has 0 atom stereocenters. The van der Waals surface area contributed by atoms with Crippen LogP contribution < -0.4 is 0 Å². The number of rotatable bonds is 5. The SMILES string of the molecule is O=C(OCC(=O)N1CCN(S(=O)(=O)c2ccc(F)cc2)CC1)c1cccc2ncccc12. The number of hydrogen-bond donors (Lipinski definition) is 0. The second-order valence-corrected chi connectivity index (χ2v) is 9.13. The van der Waals surface area contributed by atoms with Gasteiger partial charge in [-0.1, -0.05) is 12.1 Å². The predicted molar refractivity (Wildman–Crippen MR) is 114 cm³/mol. The van der Waals surface area contributed by atoms with E-state index in [1.807, 2.05) is 0 Å². The van der Waals surface area contributed by atoms with E-state index in [2.05, 4.69) is 4.98 Å². The zero-order chi connectivity index (χ0) is 22.7. The van der Waals surface area contributed by atoms with Crippen molar-refractivity contribution in [3.05, 3.63) is 72.2 Å². The van der Waals surface area contributed by atoms with Crippen LogP contribution in [0.5, 0.6) is 0 Å². The number of pyridine rings is 1. The zero-order valence-corrected chi connectivity index (χ0v) is 17.8. The first-order valence-electron chi connectivity index (χ1n) is 9.90. The van der Waals surface area contributed by atoms with Crippen molar-refractivity contribution in [1.82, 2.24) is 14.2 Å². The Bertz CT molecular complexity index is 1250. The van der Waals surface area contributed by atoms with E-state index < -0.39 is 34.3 Å². The lowest BCUT2D eigenvalue weighted by Crippen LogP contribution is -2.51. The van der Waals surface area contributed by atoms with Crippen LogP contribution in [0, 0.1) is 5.82 Å². The summed E-state index contributed by atoms with van der Waals surface area (Å²) in [5, 5.41) is 0.632. The maximum Gasteiger partial charge on any atom is 0.339 e. The molecule has 1 amide bonds. The summed E-state index contributed by atoms with van der Waals surface area (Å²) in [6, 6.07) is 13.1. The van der Waals surface area contributed by atoms with Crippen molar-refractivity contribution < 1.29 is 27.1 Å². The first kappa shape index (κ1) is 21.8. The molecule has 0 spiro atoms. The molecule has 3 aromatic rings. The summed E-state index contributed by atoms with van der Waals surface area (Å²) in [5.74, 6) is -1.56. The van der Waals surface area contributed by atoms with Crippen molar-refractivity contribution in [2.45, 2.75) is 4.90 Å². The van der Waals surface area contributed by atoms with Crippen molar-refractivity contribution in [3.8, 4) is 0 Å². The fourth-order valence-corrected chi connectivity index (χ4v) is 4.93. The fraction of sp³-hybridized carbons (Fsp3) is 0.227. The number of esters is 1. The number of ether oxygens (including phenoxy) is 1. The van der Waals surface area contributed by atoms with Gasteiger partial charge < -0.3 is 9.64 Å². The first-order valence-corrected chi connectivity index (χ1v) is 11.3. The van der Waals surface area contributed by atoms with E-state index >= 15 is 0 Å². The number of halogens is 1. The lowest BCUT2D eigenvalue weighted by Gasteiger charge is -2.33. The smallest absolute Gasteiger partial charge is 0.339 e. The molecule has 0 aliphatic carbocycles. The average molecular weight is 457 g/mol. The van der Waals surface area contributed by atoms with Crippen LogP contribution in [0.15, 0.2) is 65.7 Å². The lowest BCUT2D eigenvalue weighted by molar-refractivity contribution is -0.135. The highest BCUT2D eigenvalue weighted by atomic mass is 32.2. The number of fused-ring (bicyclic) bond motifs is 1. The molecule has 0 N–H and O–H groups in total. The van der Waals surface area contributed by atoms with Gasteiger partial charge in [-0.15, -0.1) is 0 Å². The van der Waals surface area contributed by atoms with Crippen LogP contribution in [0.1, 0.15) is 10.4 Å². The van der Waals surface area contributed by atoms with Crippen molar-refractivity contribution in [3.63, 3.8) is 0 Å². The van der Waals surface area contributed by atoms with Gasteiger partial charge in [0.05, 0.1) is 16.0 Å². The van der Waals surface area contributed by atoms with E-state index in [1.165, 1.54) is 21.3 Å². The minimum Gasteiger partial charge on any atom is -0.452 e. The van der Waals surface area contributed by atoms with Crippen LogP contribution in [0.2, 0.25) is 0 Å². The topological polar surface area (TPSA) is 96.9 Å². The van der Waals surface area contributed by atoms with E-state index in [0.29, 0.717) is 16.5 Å². The third-order valence-electron chi connectivity index (χ3n) is 5.24. The quantitative estimate of drug-likeness (QED) is 0.544. The standard InChI is InChI=1S/C22H20FN3O5S/c23-16-6-8-17(9-7-16)32(29,30)26-13-11-25(12-14-26)21(27)15-31-22(28)19-3-1-5-20-18(19)4-2-10-24-20/h1-10H,11-15H2. The molecule has 1 aliphatic heterocycles. The highest BCUT2D eigenvalue weighted by molar-refractivity contribution is 7.89. The Morgan fingerprint density at radius 2 is 1.69 bits per heavy atom. The molecular formula is C22H20FN3O5S. The van der Waals surface area contributed by atoms with Crippen molar-refractivity contribution in [2.24, 2.45) is 0 Å². The lowest BCUT2D eigenvalue weighted by atomic mass is 10.1. The number of aromatic nitrogens is 1. The van der Waals surface area contributed by atoms with Crippen molar-refractivity contribution >= 4 is 32.8 Å².